The highest BCUT2D eigenvalue weighted by molar-refractivity contribution is 5.75. The molecule has 0 bridgehead atoms. The molecular weight excluding hydrogens is 502 g/mol. The van der Waals surface area contributed by atoms with E-state index in [9.17, 15) is 24.8 Å². The van der Waals surface area contributed by atoms with E-state index in [4.69, 9.17) is 23.7 Å². The second-order valence-corrected chi connectivity index (χ2v) is 9.92. The summed E-state index contributed by atoms with van der Waals surface area (Å²) in [6.07, 6.45) is 4.64. The van der Waals surface area contributed by atoms with Gasteiger partial charge in [0.05, 0.1) is 14.2 Å². The quantitative estimate of drug-likeness (QED) is 0.0784. The summed E-state index contributed by atoms with van der Waals surface area (Å²) >= 11 is 0. The topological polar surface area (TPSA) is 153 Å². The van der Waals surface area contributed by atoms with Crippen molar-refractivity contribution in [3.8, 4) is 23.0 Å². The van der Waals surface area contributed by atoms with Crippen LogP contribution in [0.25, 0.3) is 0 Å². The first-order valence-electron chi connectivity index (χ1n) is 12.7. The molecule has 0 saturated carbocycles. The Labute approximate surface area is 223 Å². The van der Waals surface area contributed by atoms with Gasteiger partial charge in [0.25, 0.3) is 5.09 Å². The highest BCUT2D eigenvalue weighted by Crippen LogP contribution is 2.50. The van der Waals surface area contributed by atoms with Gasteiger partial charge in [0.2, 0.25) is 11.5 Å². The first kappa shape index (κ1) is 32.6. The van der Waals surface area contributed by atoms with E-state index in [1.807, 2.05) is 0 Å². The average Bonchev–Trinajstić information content (AvgIpc) is 2.78. The van der Waals surface area contributed by atoms with E-state index in [0.29, 0.717) is 24.0 Å². The van der Waals surface area contributed by atoms with Crippen molar-refractivity contribution in [1.29, 1.82) is 0 Å². The molecule has 0 spiro atoms. The lowest BCUT2D eigenvalue weighted by Crippen LogP contribution is -2.26. The van der Waals surface area contributed by atoms with Crippen LogP contribution >= 0.6 is 0 Å². The summed E-state index contributed by atoms with van der Waals surface area (Å²) in [5.41, 5.74) is 0.234. The fourth-order valence-electron chi connectivity index (χ4n) is 3.98. The minimum absolute atomic E-state index is 0.00282. The highest BCUT2D eigenvalue weighted by Gasteiger charge is 2.30. The molecule has 216 valence electrons. The summed E-state index contributed by atoms with van der Waals surface area (Å²) in [6.45, 7) is 8.50. The molecule has 0 aliphatic heterocycles. The van der Waals surface area contributed by atoms with E-state index < -0.39 is 29.1 Å². The predicted molar refractivity (Wildman–Crippen MR) is 138 cm³/mol. The van der Waals surface area contributed by atoms with Crippen LogP contribution in [0.15, 0.2) is 0 Å². The molecule has 0 amide bonds. The van der Waals surface area contributed by atoms with Crippen molar-refractivity contribution in [3.63, 3.8) is 0 Å². The fourth-order valence-corrected chi connectivity index (χ4v) is 3.98. The molecule has 1 rings (SSSR count). The van der Waals surface area contributed by atoms with Gasteiger partial charge in [0.15, 0.2) is 11.5 Å². The van der Waals surface area contributed by atoms with Crippen LogP contribution in [-0.4, -0.2) is 48.4 Å². The number of hydrogen-bond donors (Lipinski definition) is 1. The van der Waals surface area contributed by atoms with Crippen molar-refractivity contribution >= 4 is 12.3 Å². The van der Waals surface area contributed by atoms with Crippen LogP contribution < -0.4 is 18.9 Å². The smallest absolute Gasteiger partial charge is 0.490 e. The van der Waals surface area contributed by atoms with E-state index in [2.05, 4.69) is 4.84 Å². The van der Waals surface area contributed by atoms with E-state index in [1.165, 1.54) is 14.2 Å². The van der Waals surface area contributed by atoms with E-state index >= 15 is 0 Å². The molecule has 1 atom stereocenters. The Morgan fingerprint density at radius 2 is 1.42 bits per heavy atom. The standard InChI is InChI=1S/C26H41NO11/c1-17(38-27(31)32)15-13-11-9-8-10-12-14-16-19-18(2)20(36-25(30)37-26(3,4)5)22(33-6)23(34-7)21(19)35-24(28)29/h17H,8-16H2,1-7H3,(H,28,29). The Balaban J connectivity index is 2.90. The van der Waals surface area contributed by atoms with Crippen LogP contribution in [0.5, 0.6) is 23.0 Å². The Bertz CT molecular complexity index is 940. The van der Waals surface area contributed by atoms with Crippen molar-refractivity contribution in [2.45, 2.75) is 104 Å². The minimum Gasteiger partial charge on any atom is -0.490 e. The Kier molecular flexibility index (Phi) is 13.5. The predicted octanol–water partition coefficient (Wildman–Crippen LogP) is 6.64. The summed E-state index contributed by atoms with van der Waals surface area (Å²) in [5, 5.41) is 18.9. The normalized spacial score (nSPS) is 11.9. The third kappa shape index (κ3) is 11.3. The molecule has 1 aromatic carbocycles. The number of nitrogens with zero attached hydrogens (tertiary/aromatic N) is 1. The van der Waals surface area contributed by atoms with Gasteiger partial charge < -0.3 is 33.6 Å². The van der Waals surface area contributed by atoms with Crippen LogP contribution in [-0.2, 0) is 16.0 Å². The fraction of sp³-hybridized carbons (Fsp3) is 0.692. The Hall–Kier alpha value is -3.44. The third-order valence-electron chi connectivity index (χ3n) is 5.66. The molecule has 12 nitrogen and oxygen atoms in total. The average molecular weight is 544 g/mol. The SMILES string of the molecule is COc1c(OC(=O)OC(C)(C)C)c(C)c(CCCCCCCCCC(C)O[N+](=O)[O-])c(OC(=O)O)c1OC. The summed E-state index contributed by atoms with van der Waals surface area (Å²) in [4.78, 5) is 38.7. The van der Waals surface area contributed by atoms with E-state index in [0.717, 1.165) is 44.9 Å². The molecule has 0 fully saturated rings. The molecule has 0 heterocycles. The Morgan fingerprint density at radius 3 is 1.92 bits per heavy atom. The molecular formula is C26H41NO11. The zero-order valence-electron chi connectivity index (χ0n) is 23.4. The number of benzene rings is 1. The maximum absolute atomic E-state index is 12.4. The lowest BCUT2D eigenvalue weighted by atomic mass is 9.97. The maximum atomic E-state index is 12.4. The van der Waals surface area contributed by atoms with Crippen molar-refractivity contribution in [3.05, 3.63) is 21.2 Å². The van der Waals surface area contributed by atoms with Crippen molar-refractivity contribution < 1.29 is 48.3 Å². The molecule has 0 aromatic heterocycles. The summed E-state index contributed by atoms with van der Waals surface area (Å²) in [5.74, 6) is 0.0942. The van der Waals surface area contributed by atoms with Gasteiger partial charge in [-0.05, 0) is 53.9 Å². The third-order valence-corrected chi connectivity index (χ3v) is 5.66. The van der Waals surface area contributed by atoms with Crippen LogP contribution in [0.1, 0.15) is 90.2 Å². The zero-order valence-corrected chi connectivity index (χ0v) is 23.4. The molecule has 0 radical (unpaired) electrons. The molecule has 0 saturated heterocycles. The van der Waals surface area contributed by atoms with Gasteiger partial charge in [-0.25, -0.2) is 9.59 Å². The summed E-state index contributed by atoms with van der Waals surface area (Å²) in [7, 11) is 2.69. The number of carbonyl (C=O) groups excluding carboxylic acids is 1. The monoisotopic (exact) mass is 543 g/mol. The van der Waals surface area contributed by atoms with Gasteiger partial charge >= 0.3 is 12.3 Å². The number of hydrogen-bond acceptors (Lipinski definition) is 10. The van der Waals surface area contributed by atoms with Crippen LogP contribution in [0.3, 0.4) is 0 Å². The van der Waals surface area contributed by atoms with Crippen molar-refractivity contribution in [2.24, 2.45) is 0 Å². The number of methoxy groups -OCH3 is 2. The van der Waals surface area contributed by atoms with E-state index in [-0.39, 0.29) is 23.0 Å². The molecule has 0 aliphatic carbocycles. The van der Waals surface area contributed by atoms with Gasteiger partial charge in [-0.2, -0.15) is 0 Å². The lowest BCUT2D eigenvalue weighted by molar-refractivity contribution is -0.767. The van der Waals surface area contributed by atoms with Gasteiger partial charge in [0, 0.05) is 11.1 Å². The largest absolute Gasteiger partial charge is 0.514 e. The number of rotatable bonds is 16. The number of carbonyl (C=O) groups is 2. The maximum Gasteiger partial charge on any atom is 0.514 e. The number of unbranched alkanes of at least 4 members (excludes halogenated alkanes) is 6. The molecule has 12 heteroatoms. The molecule has 1 aromatic rings. The van der Waals surface area contributed by atoms with Crippen molar-refractivity contribution in [2.75, 3.05) is 14.2 Å². The summed E-state index contributed by atoms with van der Waals surface area (Å²) in [6, 6.07) is 0. The molecule has 1 N–H and O–H groups in total. The van der Waals surface area contributed by atoms with Gasteiger partial charge in [-0.15, -0.1) is 10.1 Å². The second kappa shape index (κ2) is 15.7. The molecule has 1 unspecified atom stereocenters. The first-order valence-corrected chi connectivity index (χ1v) is 12.7. The van der Waals surface area contributed by atoms with Crippen molar-refractivity contribution in [1.82, 2.24) is 0 Å². The van der Waals surface area contributed by atoms with Gasteiger partial charge in [-0.1, -0.05) is 38.5 Å². The minimum atomic E-state index is -1.51. The highest BCUT2D eigenvalue weighted by atomic mass is 17.0. The molecule has 38 heavy (non-hydrogen) atoms. The number of ether oxygens (including phenoxy) is 5. The first-order chi connectivity index (χ1) is 17.8. The van der Waals surface area contributed by atoms with Crippen LogP contribution in [0.4, 0.5) is 9.59 Å². The number of carboxylic acid groups (broad SMARTS) is 1. The zero-order chi connectivity index (χ0) is 28.9. The van der Waals surface area contributed by atoms with Gasteiger partial charge in [0.1, 0.15) is 11.7 Å². The van der Waals surface area contributed by atoms with Gasteiger partial charge in [-0.3, -0.25) is 0 Å². The van der Waals surface area contributed by atoms with Crippen LogP contribution in [0, 0.1) is 17.0 Å². The second-order valence-electron chi connectivity index (χ2n) is 9.92. The van der Waals surface area contributed by atoms with E-state index in [1.54, 1.807) is 34.6 Å². The Morgan fingerprint density at radius 1 is 0.895 bits per heavy atom. The molecule has 0 aliphatic rings. The summed E-state index contributed by atoms with van der Waals surface area (Å²) < 4.78 is 26.7. The van der Waals surface area contributed by atoms with Crippen LogP contribution in [0.2, 0.25) is 0 Å². The lowest BCUT2D eigenvalue weighted by Gasteiger charge is -2.23.